The number of sulfonamides is 1. The van der Waals surface area contributed by atoms with Crippen LogP contribution in [0, 0.1) is 0 Å². The van der Waals surface area contributed by atoms with Gasteiger partial charge in [-0.25, -0.2) is 8.42 Å². The van der Waals surface area contributed by atoms with Crippen LogP contribution >= 0.6 is 11.6 Å². The average Bonchev–Trinajstić information content (AvgIpc) is 2.54. The molecule has 0 aromatic heterocycles. The zero-order valence-corrected chi connectivity index (χ0v) is 15.6. The van der Waals surface area contributed by atoms with E-state index in [-0.39, 0.29) is 28.2 Å². The number of ether oxygens (including phenoxy) is 2. The van der Waals surface area contributed by atoms with Gasteiger partial charge in [-0.05, 0) is 18.2 Å². The summed E-state index contributed by atoms with van der Waals surface area (Å²) in [5.41, 5.74) is 0. The molecule has 1 N–H and O–H groups in total. The van der Waals surface area contributed by atoms with E-state index >= 15 is 0 Å². The summed E-state index contributed by atoms with van der Waals surface area (Å²) in [6.45, 7) is 4.57. The first-order valence-electron chi connectivity index (χ1n) is 7.54. The number of nitrogens with one attached hydrogen (secondary N) is 1. The molecular formula is C15H23ClN2O5S. The fourth-order valence-electron chi connectivity index (χ4n) is 1.99. The van der Waals surface area contributed by atoms with Crippen LogP contribution in [0.4, 0.5) is 0 Å². The minimum absolute atomic E-state index is 0.0524. The molecule has 0 saturated carbocycles. The summed E-state index contributed by atoms with van der Waals surface area (Å²) in [7, 11) is -2.22. The largest absolute Gasteiger partial charge is 0.482 e. The number of nitrogens with zero attached hydrogens (tertiary/aromatic N) is 1. The highest BCUT2D eigenvalue weighted by Crippen LogP contribution is 2.29. The normalized spacial score (nSPS) is 11.5. The molecule has 0 aliphatic heterocycles. The van der Waals surface area contributed by atoms with Gasteiger partial charge >= 0.3 is 0 Å². The molecule has 0 aliphatic rings. The first kappa shape index (κ1) is 20.7. The Morgan fingerprint density at radius 1 is 1.29 bits per heavy atom. The second-order valence-electron chi connectivity index (χ2n) is 4.81. The van der Waals surface area contributed by atoms with E-state index in [4.69, 9.17) is 21.1 Å². The second kappa shape index (κ2) is 9.83. The third-order valence-electron chi connectivity index (χ3n) is 3.22. The maximum absolute atomic E-state index is 12.7. The van der Waals surface area contributed by atoms with Crippen molar-refractivity contribution in [3.63, 3.8) is 0 Å². The van der Waals surface area contributed by atoms with Crippen LogP contribution in [-0.2, 0) is 19.6 Å². The van der Waals surface area contributed by atoms with E-state index in [9.17, 15) is 13.2 Å². The third kappa shape index (κ3) is 5.62. The van der Waals surface area contributed by atoms with E-state index in [0.717, 1.165) is 0 Å². The number of methoxy groups -OCH3 is 1. The van der Waals surface area contributed by atoms with Crippen molar-refractivity contribution in [1.82, 2.24) is 9.62 Å². The minimum Gasteiger partial charge on any atom is -0.482 e. The highest BCUT2D eigenvalue weighted by molar-refractivity contribution is 7.89. The van der Waals surface area contributed by atoms with Crippen LogP contribution in [0.3, 0.4) is 0 Å². The molecule has 0 spiro atoms. The lowest BCUT2D eigenvalue weighted by Gasteiger charge is -2.20. The average molecular weight is 379 g/mol. The number of hydrogen-bond acceptors (Lipinski definition) is 5. The zero-order chi connectivity index (χ0) is 18.2. The number of halogens is 1. The molecule has 1 aromatic carbocycles. The Morgan fingerprint density at radius 2 is 1.96 bits per heavy atom. The fourth-order valence-corrected chi connectivity index (χ4v) is 3.84. The van der Waals surface area contributed by atoms with E-state index in [0.29, 0.717) is 26.2 Å². The minimum atomic E-state index is -3.75. The molecule has 0 fully saturated rings. The number of carbonyl (C=O) groups excluding carboxylic acids is 1. The van der Waals surface area contributed by atoms with Crippen LogP contribution in [-0.4, -0.2) is 58.6 Å². The molecular weight excluding hydrogens is 356 g/mol. The van der Waals surface area contributed by atoms with Crippen molar-refractivity contribution in [3.8, 4) is 5.75 Å². The van der Waals surface area contributed by atoms with Crippen LogP contribution in [0.1, 0.15) is 13.8 Å². The number of hydrogen-bond donors (Lipinski definition) is 1. The van der Waals surface area contributed by atoms with Crippen molar-refractivity contribution in [2.45, 2.75) is 18.7 Å². The second-order valence-corrected chi connectivity index (χ2v) is 7.15. The van der Waals surface area contributed by atoms with Gasteiger partial charge in [-0.3, -0.25) is 4.79 Å². The standard InChI is InChI=1S/C15H23ClN2O5S/c1-4-18(5-2)24(20,21)14-10-12(16)6-7-13(14)23-11-15(19)17-8-9-22-3/h6-7,10H,4-5,8-9,11H2,1-3H3,(H,17,19). The Bertz CT molecular complexity index is 647. The molecule has 1 rings (SSSR count). The first-order valence-corrected chi connectivity index (χ1v) is 9.36. The number of rotatable bonds is 10. The molecule has 0 heterocycles. The van der Waals surface area contributed by atoms with Crippen molar-refractivity contribution >= 4 is 27.5 Å². The Kier molecular flexibility index (Phi) is 8.47. The third-order valence-corrected chi connectivity index (χ3v) is 5.52. The predicted molar refractivity (Wildman–Crippen MR) is 91.9 cm³/mol. The van der Waals surface area contributed by atoms with Crippen LogP contribution in [0.2, 0.25) is 5.02 Å². The molecule has 0 unspecified atom stereocenters. The molecule has 0 radical (unpaired) electrons. The molecule has 0 saturated heterocycles. The maximum atomic E-state index is 12.7. The molecule has 1 aromatic rings. The number of benzene rings is 1. The van der Waals surface area contributed by atoms with Gasteiger partial charge in [0, 0.05) is 31.8 Å². The lowest BCUT2D eigenvalue weighted by Crippen LogP contribution is -2.33. The van der Waals surface area contributed by atoms with E-state index in [1.807, 2.05) is 0 Å². The van der Waals surface area contributed by atoms with Gasteiger partial charge in [0.2, 0.25) is 10.0 Å². The maximum Gasteiger partial charge on any atom is 0.258 e. The van der Waals surface area contributed by atoms with Crippen LogP contribution < -0.4 is 10.1 Å². The van der Waals surface area contributed by atoms with Crippen LogP contribution in [0.5, 0.6) is 5.75 Å². The van der Waals surface area contributed by atoms with Crippen molar-refractivity contribution < 1.29 is 22.7 Å². The quantitative estimate of drug-likeness (QED) is 0.624. The smallest absolute Gasteiger partial charge is 0.258 e. The van der Waals surface area contributed by atoms with E-state index in [1.54, 1.807) is 13.8 Å². The monoisotopic (exact) mass is 378 g/mol. The first-order chi connectivity index (χ1) is 11.4. The molecule has 0 aliphatic carbocycles. The van der Waals surface area contributed by atoms with E-state index < -0.39 is 10.0 Å². The van der Waals surface area contributed by atoms with Gasteiger partial charge in [0.25, 0.3) is 5.91 Å². The van der Waals surface area contributed by atoms with Crippen molar-refractivity contribution in [3.05, 3.63) is 23.2 Å². The summed E-state index contributed by atoms with van der Waals surface area (Å²) >= 11 is 5.93. The lowest BCUT2D eigenvalue weighted by atomic mass is 10.3. The van der Waals surface area contributed by atoms with Gasteiger partial charge in [0.1, 0.15) is 10.6 Å². The summed E-state index contributed by atoms with van der Waals surface area (Å²) < 4.78 is 36.9. The number of amides is 1. The fraction of sp³-hybridized carbons (Fsp3) is 0.533. The molecule has 0 bridgehead atoms. The van der Waals surface area contributed by atoms with Gasteiger partial charge in [-0.15, -0.1) is 0 Å². The zero-order valence-electron chi connectivity index (χ0n) is 14.0. The van der Waals surface area contributed by atoms with Gasteiger partial charge in [-0.1, -0.05) is 25.4 Å². The summed E-state index contributed by atoms with van der Waals surface area (Å²) in [4.78, 5) is 11.6. The molecule has 24 heavy (non-hydrogen) atoms. The summed E-state index contributed by atoms with van der Waals surface area (Å²) in [5, 5.41) is 2.87. The Labute approximate surface area is 147 Å². The van der Waals surface area contributed by atoms with E-state index in [2.05, 4.69) is 5.32 Å². The molecule has 136 valence electrons. The summed E-state index contributed by atoms with van der Waals surface area (Å²) in [6.07, 6.45) is 0. The molecule has 7 nitrogen and oxygen atoms in total. The topological polar surface area (TPSA) is 84.9 Å². The van der Waals surface area contributed by atoms with Gasteiger partial charge < -0.3 is 14.8 Å². The van der Waals surface area contributed by atoms with Crippen molar-refractivity contribution in [2.24, 2.45) is 0 Å². The van der Waals surface area contributed by atoms with Crippen LogP contribution in [0.25, 0.3) is 0 Å². The Hall–Kier alpha value is -1.35. The van der Waals surface area contributed by atoms with Gasteiger partial charge in [0.05, 0.1) is 6.61 Å². The van der Waals surface area contributed by atoms with Crippen molar-refractivity contribution in [2.75, 3.05) is 40.0 Å². The predicted octanol–water partition coefficient (Wildman–Crippen LogP) is 1.51. The summed E-state index contributed by atoms with van der Waals surface area (Å²) in [6, 6.07) is 4.29. The van der Waals surface area contributed by atoms with E-state index in [1.165, 1.54) is 29.6 Å². The highest BCUT2D eigenvalue weighted by Gasteiger charge is 2.26. The van der Waals surface area contributed by atoms with Gasteiger partial charge in [0.15, 0.2) is 6.61 Å². The van der Waals surface area contributed by atoms with Crippen LogP contribution in [0.15, 0.2) is 23.1 Å². The number of carbonyl (C=O) groups is 1. The lowest BCUT2D eigenvalue weighted by molar-refractivity contribution is -0.123. The summed E-state index contributed by atoms with van der Waals surface area (Å²) in [5.74, 6) is -0.277. The van der Waals surface area contributed by atoms with Gasteiger partial charge in [-0.2, -0.15) is 4.31 Å². The highest BCUT2D eigenvalue weighted by atomic mass is 35.5. The van der Waals surface area contributed by atoms with Crippen molar-refractivity contribution in [1.29, 1.82) is 0 Å². The Morgan fingerprint density at radius 3 is 2.54 bits per heavy atom. The molecule has 1 amide bonds. The molecule has 0 atom stereocenters. The Balaban J connectivity index is 2.95. The molecule has 9 heteroatoms. The SMILES string of the molecule is CCN(CC)S(=O)(=O)c1cc(Cl)ccc1OCC(=O)NCCOC.